The predicted octanol–water partition coefficient (Wildman–Crippen LogP) is 2.34. The number of hydrogen-bond acceptors (Lipinski definition) is 8. The van der Waals surface area contributed by atoms with Crippen LogP contribution in [-0.2, 0) is 28.8 Å². The minimum absolute atomic E-state index is 0.0163. The second-order valence-corrected chi connectivity index (χ2v) is 10.6. The SMILES string of the molecule is CCCCON[C@@H]1CC[C@@H](C(=O)ON2C(=O)C3C4C=CC(C4)C3C2=O)N(C(=O)OC(C)(C)C)C1. The number of nitrogens with one attached hydrogen (secondary N) is 1. The maximum absolute atomic E-state index is 13.1. The van der Waals surface area contributed by atoms with E-state index >= 15 is 0 Å². The summed E-state index contributed by atoms with van der Waals surface area (Å²) in [6.45, 7) is 8.01. The smallest absolute Gasteiger partial charge is 0.411 e. The summed E-state index contributed by atoms with van der Waals surface area (Å²) in [6, 6.07) is -1.16. The fourth-order valence-electron chi connectivity index (χ4n) is 5.34. The lowest BCUT2D eigenvalue weighted by atomic mass is 9.85. The highest BCUT2D eigenvalue weighted by Gasteiger charge is 2.61. The van der Waals surface area contributed by atoms with Crippen molar-refractivity contribution >= 4 is 23.9 Å². The molecule has 2 heterocycles. The van der Waals surface area contributed by atoms with Crippen molar-refractivity contribution in [3.8, 4) is 0 Å². The molecule has 3 fully saturated rings. The third-order valence-electron chi connectivity index (χ3n) is 6.94. The van der Waals surface area contributed by atoms with Gasteiger partial charge in [-0.1, -0.05) is 25.5 Å². The van der Waals surface area contributed by atoms with Crippen molar-refractivity contribution < 1.29 is 33.6 Å². The highest BCUT2D eigenvalue weighted by molar-refractivity contribution is 6.06. The quantitative estimate of drug-likeness (QED) is 0.257. The van der Waals surface area contributed by atoms with Gasteiger partial charge in [0.05, 0.1) is 24.5 Å². The summed E-state index contributed by atoms with van der Waals surface area (Å²) in [7, 11) is 0. The maximum Gasteiger partial charge on any atom is 0.411 e. The van der Waals surface area contributed by atoms with Crippen LogP contribution in [0.5, 0.6) is 0 Å². The highest BCUT2D eigenvalue weighted by atomic mass is 16.7. The van der Waals surface area contributed by atoms with Crippen LogP contribution in [0.2, 0.25) is 0 Å². The number of ether oxygens (including phenoxy) is 1. The van der Waals surface area contributed by atoms with Crippen molar-refractivity contribution in [3.63, 3.8) is 0 Å². The molecule has 0 spiro atoms. The third kappa shape index (κ3) is 4.84. The van der Waals surface area contributed by atoms with Crippen LogP contribution in [0.25, 0.3) is 0 Å². The van der Waals surface area contributed by atoms with Crippen molar-refractivity contribution in [2.45, 2.75) is 77.5 Å². The molecule has 2 aliphatic heterocycles. The third-order valence-corrected chi connectivity index (χ3v) is 6.94. The molecule has 10 nitrogen and oxygen atoms in total. The van der Waals surface area contributed by atoms with Gasteiger partial charge in [-0.2, -0.15) is 5.48 Å². The number of allylic oxidation sites excluding steroid dienone is 2. The largest absolute Gasteiger partial charge is 0.444 e. The monoisotopic (exact) mass is 477 g/mol. The summed E-state index contributed by atoms with van der Waals surface area (Å²) in [4.78, 5) is 64.0. The second-order valence-electron chi connectivity index (χ2n) is 10.6. The Balaban J connectivity index is 1.43. The van der Waals surface area contributed by atoms with Crippen LogP contribution in [-0.4, -0.2) is 64.7 Å². The van der Waals surface area contributed by atoms with Gasteiger partial charge in [0.1, 0.15) is 11.6 Å². The van der Waals surface area contributed by atoms with Crippen LogP contribution in [0, 0.1) is 23.7 Å². The van der Waals surface area contributed by atoms with Gasteiger partial charge in [-0.05, 0) is 58.3 Å². The zero-order chi connectivity index (χ0) is 24.6. The number of imide groups is 1. The van der Waals surface area contributed by atoms with Gasteiger partial charge in [-0.15, -0.1) is 5.06 Å². The van der Waals surface area contributed by atoms with Crippen molar-refractivity contribution in [2.24, 2.45) is 23.7 Å². The molecule has 4 rings (SSSR count). The predicted molar refractivity (Wildman–Crippen MR) is 119 cm³/mol. The number of hydrogen-bond donors (Lipinski definition) is 1. The first-order valence-corrected chi connectivity index (χ1v) is 12.3. The van der Waals surface area contributed by atoms with Crippen LogP contribution in [0.15, 0.2) is 12.2 Å². The minimum Gasteiger partial charge on any atom is -0.444 e. The van der Waals surface area contributed by atoms with Gasteiger partial charge in [0.15, 0.2) is 0 Å². The lowest BCUT2D eigenvalue weighted by Crippen LogP contribution is -2.57. The Labute approximate surface area is 199 Å². The van der Waals surface area contributed by atoms with E-state index in [1.165, 1.54) is 4.90 Å². The van der Waals surface area contributed by atoms with Crippen molar-refractivity contribution in [1.82, 2.24) is 15.4 Å². The lowest BCUT2D eigenvalue weighted by Gasteiger charge is -2.38. The Morgan fingerprint density at radius 1 is 1.09 bits per heavy atom. The molecule has 2 bridgehead atoms. The van der Waals surface area contributed by atoms with Gasteiger partial charge in [-0.3, -0.25) is 14.5 Å². The number of carbonyl (C=O) groups excluding carboxylic acids is 4. The van der Waals surface area contributed by atoms with E-state index in [-0.39, 0.29) is 30.8 Å². The Bertz CT molecular complexity index is 837. The Morgan fingerprint density at radius 3 is 2.32 bits per heavy atom. The molecule has 2 aliphatic carbocycles. The number of unbranched alkanes of at least 4 members (excludes halogenated alkanes) is 1. The van der Waals surface area contributed by atoms with Gasteiger partial charge < -0.3 is 14.4 Å². The van der Waals surface area contributed by atoms with E-state index in [0.29, 0.717) is 18.1 Å². The summed E-state index contributed by atoms with van der Waals surface area (Å²) < 4.78 is 5.51. The number of likely N-dealkylation sites (tertiary alicyclic amines) is 1. The van der Waals surface area contributed by atoms with Crippen LogP contribution in [0.4, 0.5) is 4.79 Å². The highest BCUT2D eigenvalue weighted by Crippen LogP contribution is 2.52. The first-order chi connectivity index (χ1) is 16.1. The van der Waals surface area contributed by atoms with Crippen molar-refractivity contribution in [1.29, 1.82) is 0 Å². The van der Waals surface area contributed by atoms with E-state index < -0.39 is 47.4 Å². The topological polar surface area (TPSA) is 114 Å². The van der Waals surface area contributed by atoms with Crippen LogP contribution < -0.4 is 5.48 Å². The first-order valence-electron chi connectivity index (χ1n) is 12.3. The van der Waals surface area contributed by atoms with Gasteiger partial charge in [0, 0.05) is 6.54 Å². The number of piperidine rings is 1. The van der Waals surface area contributed by atoms with E-state index in [9.17, 15) is 19.2 Å². The van der Waals surface area contributed by atoms with E-state index in [1.807, 2.05) is 12.2 Å². The van der Waals surface area contributed by atoms with Crippen molar-refractivity contribution in [2.75, 3.05) is 13.2 Å². The molecule has 4 unspecified atom stereocenters. The fraction of sp³-hybridized carbons (Fsp3) is 0.750. The standard InChI is InChI=1S/C24H35N3O7/c1-5-6-11-32-25-16-9-10-17(26(13-16)23(31)33-24(2,3)4)22(30)34-27-20(28)18-14-7-8-15(12-14)19(18)21(27)29/h7-8,14-19,25H,5-6,9-13H2,1-4H3/t14?,15?,16-,17+,18?,19?/m1/s1. The molecule has 6 atom stereocenters. The summed E-state index contributed by atoms with van der Waals surface area (Å²) in [5, 5.41) is 0.634. The van der Waals surface area contributed by atoms with Crippen LogP contribution in [0.3, 0.4) is 0 Å². The van der Waals surface area contributed by atoms with Gasteiger partial charge in [0.2, 0.25) is 0 Å². The maximum atomic E-state index is 13.1. The summed E-state index contributed by atoms with van der Waals surface area (Å²) in [5.41, 5.74) is 2.21. The Kier molecular flexibility index (Phi) is 7.00. The van der Waals surface area contributed by atoms with E-state index in [2.05, 4.69) is 12.4 Å². The molecule has 0 radical (unpaired) electrons. The van der Waals surface area contributed by atoms with Gasteiger partial charge in [0.25, 0.3) is 11.8 Å². The number of nitrogens with zero attached hydrogens (tertiary/aromatic N) is 2. The van der Waals surface area contributed by atoms with Gasteiger partial charge >= 0.3 is 12.1 Å². The molecule has 10 heteroatoms. The molecule has 2 saturated heterocycles. The molecule has 1 saturated carbocycles. The lowest BCUT2D eigenvalue weighted by molar-refractivity contribution is -0.203. The average Bonchev–Trinajstić information content (AvgIpc) is 3.45. The summed E-state index contributed by atoms with van der Waals surface area (Å²) in [5.74, 6) is -2.63. The number of carbonyl (C=O) groups is 4. The molecule has 0 aromatic rings. The van der Waals surface area contributed by atoms with E-state index in [1.54, 1.807) is 20.8 Å². The fourth-order valence-corrected chi connectivity index (χ4v) is 5.34. The molecule has 4 aliphatic rings. The minimum atomic E-state index is -0.973. The Morgan fingerprint density at radius 2 is 1.74 bits per heavy atom. The second kappa shape index (κ2) is 9.65. The molecule has 34 heavy (non-hydrogen) atoms. The van der Waals surface area contributed by atoms with Gasteiger partial charge in [-0.25, -0.2) is 9.59 Å². The zero-order valence-electron chi connectivity index (χ0n) is 20.3. The first kappa shape index (κ1) is 24.7. The van der Waals surface area contributed by atoms with Crippen molar-refractivity contribution in [3.05, 3.63) is 12.2 Å². The molecule has 0 aromatic carbocycles. The van der Waals surface area contributed by atoms with E-state index in [0.717, 1.165) is 19.3 Å². The van der Waals surface area contributed by atoms with Crippen LogP contribution >= 0.6 is 0 Å². The van der Waals surface area contributed by atoms with Crippen LogP contribution in [0.1, 0.15) is 59.8 Å². The Hall–Kier alpha value is -2.46. The number of amides is 3. The molecule has 1 N–H and O–H groups in total. The average molecular weight is 478 g/mol. The molecule has 0 aromatic heterocycles. The number of rotatable bonds is 7. The zero-order valence-corrected chi connectivity index (χ0v) is 20.3. The number of fused-ring (bicyclic) bond motifs is 5. The summed E-state index contributed by atoms with van der Waals surface area (Å²) >= 11 is 0. The molecular formula is C24H35N3O7. The number of hydroxylamine groups is 3. The molecule has 3 amide bonds. The molecule has 188 valence electrons. The normalized spacial score (nSPS) is 32.4. The molecular weight excluding hydrogens is 442 g/mol. The van der Waals surface area contributed by atoms with E-state index in [4.69, 9.17) is 14.4 Å². The summed E-state index contributed by atoms with van der Waals surface area (Å²) in [6.07, 6.45) is 6.81.